The van der Waals surface area contributed by atoms with Crippen LogP contribution in [0.5, 0.6) is 0 Å². The average Bonchev–Trinajstić information content (AvgIpc) is 3.13. The van der Waals surface area contributed by atoms with Crippen molar-refractivity contribution in [3.05, 3.63) is 35.9 Å². The Morgan fingerprint density at radius 3 is 2.89 bits per heavy atom. The molecule has 1 saturated heterocycles. The molecule has 1 aromatic rings. The molecule has 1 saturated carbocycles. The molecule has 2 fully saturated rings. The molecule has 3 atom stereocenters. The third kappa shape index (κ3) is 2.81. The van der Waals surface area contributed by atoms with Gasteiger partial charge in [-0.15, -0.1) is 0 Å². The fourth-order valence-corrected chi connectivity index (χ4v) is 3.07. The van der Waals surface area contributed by atoms with E-state index in [1.54, 1.807) is 0 Å². The minimum atomic E-state index is 0.104. The van der Waals surface area contributed by atoms with Gasteiger partial charge < -0.3 is 10.6 Å². The van der Waals surface area contributed by atoms with E-state index in [1.165, 1.54) is 12.0 Å². The quantitative estimate of drug-likeness (QED) is 0.868. The van der Waals surface area contributed by atoms with Crippen molar-refractivity contribution in [2.24, 2.45) is 5.92 Å². The molecule has 0 radical (unpaired) electrons. The molecule has 0 bridgehead atoms. The summed E-state index contributed by atoms with van der Waals surface area (Å²) in [7, 11) is 0. The molecule has 1 amide bonds. The fourth-order valence-electron chi connectivity index (χ4n) is 3.07. The summed E-state index contributed by atoms with van der Waals surface area (Å²) in [4.78, 5) is 12.1. The molecule has 19 heavy (non-hydrogen) atoms. The Hall–Kier alpha value is -1.35. The molecule has 0 spiro atoms. The predicted octanol–water partition coefficient (Wildman–Crippen LogP) is 2.05. The number of carbonyl (C=O) groups excluding carboxylic acids is 1. The van der Waals surface area contributed by atoms with Gasteiger partial charge in [-0.1, -0.05) is 30.3 Å². The second-order valence-electron chi connectivity index (χ2n) is 6.17. The van der Waals surface area contributed by atoms with E-state index in [4.69, 9.17) is 0 Å². The number of benzene rings is 1. The molecule has 1 heterocycles. The van der Waals surface area contributed by atoms with Crippen molar-refractivity contribution >= 4 is 5.91 Å². The van der Waals surface area contributed by atoms with Crippen molar-refractivity contribution in [1.82, 2.24) is 10.6 Å². The first-order valence-electron chi connectivity index (χ1n) is 7.26. The molecule has 3 unspecified atom stereocenters. The first kappa shape index (κ1) is 12.7. The summed E-state index contributed by atoms with van der Waals surface area (Å²) in [5, 5.41) is 6.60. The van der Waals surface area contributed by atoms with E-state index in [9.17, 15) is 4.79 Å². The van der Waals surface area contributed by atoms with Gasteiger partial charge in [-0.2, -0.15) is 0 Å². The molecule has 1 aromatic carbocycles. The van der Waals surface area contributed by atoms with Crippen LogP contribution >= 0.6 is 0 Å². The number of nitrogens with one attached hydrogen (secondary N) is 2. The molecule has 3 heteroatoms. The highest BCUT2D eigenvalue weighted by Crippen LogP contribution is 2.47. The van der Waals surface area contributed by atoms with Crippen molar-refractivity contribution in [3.63, 3.8) is 0 Å². The van der Waals surface area contributed by atoms with Gasteiger partial charge in [0.2, 0.25) is 5.91 Å². The van der Waals surface area contributed by atoms with Crippen LogP contribution in [0, 0.1) is 5.92 Å². The second-order valence-corrected chi connectivity index (χ2v) is 6.17. The average molecular weight is 258 g/mol. The van der Waals surface area contributed by atoms with Crippen LogP contribution in [-0.4, -0.2) is 24.5 Å². The van der Waals surface area contributed by atoms with Gasteiger partial charge in [0.15, 0.2) is 0 Å². The summed E-state index contributed by atoms with van der Waals surface area (Å²) in [6, 6.07) is 10.4. The Bertz CT molecular complexity index is 451. The molecule has 3 rings (SSSR count). The molecule has 2 aliphatic rings. The Morgan fingerprint density at radius 1 is 1.42 bits per heavy atom. The first-order valence-corrected chi connectivity index (χ1v) is 7.26. The van der Waals surface area contributed by atoms with Gasteiger partial charge in [-0.05, 0) is 44.2 Å². The van der Waals surface area contributed by atoms with Crippen molar-refractivity contribution in [3.8, 4) is 0 Å². The van der Waals surface area contributed by atoms with Crippen LogP contribution in [0.1, 0.15) is 37.7 Å². The lowest BCUT2D eigenvalue weighted by Crippen LogP contribution is -2.47. The predicted molar refractivity (Wildman–Crippen MR) is 75.9 cm³/mol. The summed E-state index contributed by atoms with van der Waals surface area (Å²) < 4.78 is 0. The highest BCUT2D eigenvalue weighted by Gasteiger charge is 2.44. The highest BCUT2D eigenvalue weighted by atomic mass is 16.2. The Morgan fingerprint density at radius 2 is 2.21 bits per heavy atom. The van der Waals surface area contributed by atoms with Crippen molar-refractivity contribution < 1.29 is 4.79 Å². The number of rotatable bonds is 4. The van der Waals surface area contributed by atoms with E-state index in [1.807, 2.05) is 18.2 Å². The molecule has 1 aliphatic carbocycles. The Balaban J connectivity index is 1.50. The maximum absolute atomic E-state index is 12.1. The van der Waals surface area contributed by atoms with E-state index in [-0.39, 0.29) is 17.4 Å². The molecule has 2 N–H and O–H groups in total. The van der Waals surface area contributed by atoms with E-state index in [0.717, 1.165) is 25.9 Å². The zero-order chi connectivity index (χ0) is 13.3. The lowest BCUT2D eigenvalue weighted by atomic mass is 10.0. The minimum absolute atomic E-state index is 0.104. The molecular weight excluding hydrogens is 236 g/mol. The van der Waals surface area contributed by atoms with Crippen molar-refractivity contribution in [2.75, 3.05) is 13.1 Å². The largest absolute Gasteiger partial charge is 0.354 e. The highest BCUT2D eigenvalue weighted by molar-refractivity contribution is 5.82. The summed E-state index contributed by atoms with van der Waals surface area (Å²) in [5.74, 6) is 0.849. The van der Waals surface area contributed by atoms with Gasteiger partial charge in [-0.25, -0.2) is 0 Å². The zero-order valence-electron chi connectivity index (χ0n) is 11.5. The summed E-state index contributed by atoms with van der Waals surface area (Å²) in [5.41, 5.74) is 1.40. The van der Waals surface area contributed by atoms with Crippen molar-refractivity contribution in [2.45, 2.75) is 37.6 Å². The number of amides is 1. The van der Waals surface area contributed by atoms with Gasteiger partial charge in [0, 0.05) is 18.0 Å². The lowest BCUT2D eigenvalue weighted by molar-refractivity contribution is -0.122. The summed E-state index contributed by atoms with van der Waals surface area (Å²) in [6.07, 6.45) is 3.36. The van der Waals surface area contributed by atoms with Crippen LogP contribution in [-0.2, 0) is 4.79 Å². The van der Waals surface area contributed by atoms with Crippen LogP contribution in [0.25, 0.3) is 0 Å². The van der Waals surface area contributed by atoms with E-state index in [0.29, 0.717) is 5.92 Å². The topological polar surface area (TPSA) is 41.1 Å². The first-order chi connectivity index (χ1) is 9.18. The Labute approximate surface area is 114 Å². The molecule has 0 aromatic heterocycles. The molecule has 3 nitrogen and oxygen atoms in total. The van der Waals surface area contributed by atoms with Gasteiger partial charge >= 0.3 is 0 Å². The smallest absolute Gasteiger partial charge is 0.223 e. The summed E-state index contributed by atoms with van der Waals surface area (Å²) in [6.45, 7) is 4.02. The number of hydrogen-bond acceptors (Lipinski definition) is 2. The van der Waals surface area contributed by atoms with Gasteiger partial charge in [0.1, 0.15) is 0 Å². The zero-order valence-corrected chi connectivity index (χ0v) is 11.5. The monoisotopic (exact) mass is 258 g/mol. The maximum Gasteiger partial charge on any atom is 0.223 e. The van der Waals surface area contributed by atoms with Crippen molar-refractivity contribution in [1.29, 1.82) is 0 Å². The van der Waals surface area contributed by atoms with Crippen LogP contribution in [0.3, 0.4) is 0 Å². The van der Waals surface area contributed by atoms with E-state index in [2.05, 4.69) is 29.7 Å². The van der Waals surface area contributed by atoms with Crippen LogP contribution in [0.4, 0.5) is 0 Å². The molecule has 102 valence electrons. The maximum atomic E-state index is 12.1. The van der Waals surface area contributed by atoms with Gasteiger partial charge in [-0.3, -0.25) is 4.79 Å². The van der Waals surface area contributed by atoms with Gasteiger partial charge in [0.05, 0.1) is 0 Å². The van der Waals surface area contributed by atoms with Crippen LogP contribution in [0.2, 0.25) is 0 Å². The van der Waals surface area contributed by atoms with E-state index >= 15 is 0 Å². The third-order valence-corrected chi connectivity index (χ3v) is 4.46. The molecular formula is C16H22N2O. The normalized spacial score (nSPS) is 33.1. The number of hydrogen-bond donors (Lipinski definition) is 2. The minimum Gasteiger partial charge on any atom is -0.354 e. The lowest BCUT2D eigenvalue weighted by Gasteiger charge is -2.24. The summed E-state index contributed by atoms with van der Waals surface area (Å²) >= 11 is 0. The fraction of sp³-hybridized carbons (Fsp3) is 0.562. The van der Waals surface area contributed by atoms with Crippen LogP contribution < -0.4 is 10.6 Å². The standard InChI is InChI=1S/C16H22N2O/c1-16(8-5-9-18-16)11-17-15(19)14-10-13(14)12-6-3-2-4-7-12/h2-4,6-7,13-14,18H,5,8-11H2,1H3,(H,17,19). The third-order valence-electron chi connectivity index (χ3n) is 4.46. The second kappa shape index (κ2) is 4.97. The van der Waals surface area contributed by atoms with Crippen LogP contribution in [0.15, 0.2) is 30.3 Å². The Kier molecular flexibility index (Phi) is 3.31. The molecule has 1 aliphatic heterocycles. The van der Waals surface area contributed by atoms with Gasteiger partial charge in [0.25, 0.3) is 0 Å². The van der Waals surface area contributed by atoms with E-state index < -0.39 is 0 Å². The SMILES string of the molecule is CC1(CNC(=O)C2CC2c2ccccc2)CCCN1. The number of carbonyl (C=O) groups is 1.